The summed E-state index contributed by atoms with van der Waals surface area (Å²) < 4.78 is 0. The average Bonchev–Trinajstić information content (AvgIpc) is 2.63. The molecular formula is C9H12N2O4. The lowest BCUT2D eigenvalue weighted by Crippen LogP contribution is -2.35. The maximum absolute atomic E-state index is 11.6. The summed E-state index contributed by atoms with van der Waals surface area (Å²) in [7, 11) is 1.48. The molecule has 0 aromatic carbocycles. The molecule has 6 heteroatoms. The Morgan fingerprint density at radius 1 is 1.33 bits per heavy atom. The Morgan fingerprint density at radius 3 is 2.20 bits per heavy atom. The van der Waals surface area contributed by atoms with Gasteiger partial charge in [0.05, 0.1) is 18.4 Å². The van der Waals surface area contributed by atoms with Crippen molar-refractivity contribution in [1.82, 2.24) is 9.80 Å². The first-order valence-electron chi connectivity index (χ1n) is 4.76. The van der Waals surface area contributed by atoms with Crippen molar-refractivity contribution in [2.24, 2.45) is 11.8 Å². The van der Waals surface area contributed by atoms with E-state index >= 15 is 0 Å². The summed E-state index contributed by atoms with van der Waals surface area (Å²) in [5.74, 6) is -1.96. The second kappa shape index (κ2) is 3.30. The lowest BCUT2D eigenvalue weighted by molar-refractivity contribution is -0.141. The molecule has 2 atom stereocenters. The number of amides is 2. The Morgan fingerprint density at radius 2 is 1.80 bits per heavy atom. The molecule has 15 heavy (non-hydrogen) atoms. The largest absolute Gasteiger partial charge is 0.480 e. The standard InChI is InChI=1S/C9H12N2O4/c1-10-8(14)5-2-11(4-7(12)13)3-6(5)9(10)15/h5-6H,2-4H2,1H3,(H,12,13). The highest BCUT2D eigenvalue weighted by Crippen LogP contribution is 2.32. The van der Waals surface area contributed by atoms with Crippen LogP contribution in [-0.2, 0) is 14.4 Å². The second-order valence-electron chi connectivity index (χ2n) is 4.04. The van der Waals surface area contributed by atoms with E-state index in [9.17, 15) is 14.4 Å². The summed E-state index contributed by atoms with van der Waals surface area (Å²) in [6.07, 6.45) is 0. The van der Waals surface area contributed by atoms with E-state index in [1.807, 2.05) is 0 Å². The van der Waals surface area contributed by atoms with Crippen molar-refractivity contribution in [3.8, 4) is 0 Å². The number of hydrogen-bond donors (Lipinski definition) is 1. The summed E-state index contributed by atoms with van der Waals surface area (Å²) in [5.41, 5.74) is 0. The van der Waals surface area contributed by atoms with Crippen LogP contribution in [0, 0.1) is 11.8 Å². The van der Waals surface area contributed by atoms with E-state index in [2.05, 4.69) is 0 Å². The molecule has 2 rings (SSSR count). The first kappa shape index (κ1) is 10.1. The first-order valence-corrected chi connectivity index (χ1v) is 4.76. The van der Waals surface area contributed by atoms with Gasteiger partial charge in [-0.05, 0) is 0 Å². The van der Waals surface area contributed by atoms with Crippen LogP contribution in [0.5, 0.6) is 0 Å². The predicted octanol–water partition coefficient (Wildman–Crippen LogP) is -1.38. The smallest absolute Gasteiger partial charge is 0.317 e. The van der Waals surface area contributed by atoms with Crippen molar-refractivity contribution in [2.45, 2.75) is 0 Å². The molecule has 0 radical (unpaired) electrons. The lowest BCUT2D eigenvalue weighted by atomic mass is 10.00. The SMILES string of the molecule is CN1C(=O)C2CN(CC(=O)O)CC2C1=O. The van der Waals surface area contributed by atoms with Crippen molar-refractivity contribution in [3.63, 3.8) is 0 Å². The van der Waals surface area contributed by atoms with Crippen molar-refractivity contribution in [3.05, 3.63) is 0 Å². The molecule has 0 aromatic rings. The minimum Gasteiger partial charge on any atom is -0.480 e. The number of carbonyl (C=O) groups is 3. The fourth-order valence-electron chi connectivity index (χ4n) is 2.31. The maximum Gasteiger partial charge on any atom is 0.317 e. The number of fused-ring (bicyclic) bond motifs is 1. The minimum absolute atomic E-state index is 0.0999. The number of carboxylic acids is 1. The molecule has 6 nitrogen and oxygen atoms in total. The van der Waals surface area contributed by atoms with Crippen LogP contribution in [0.3, 0.4) is 0 Å². The summed E-state index contributed by atoms with van der Waals surface area (Å²) in [6.45, 7) is 0.662. The van der Waals surface area contributed by atoms with E-state index in [1.165, 1.54) is 7.05 Å². The maximum atomic E-state index is 11.6. The molecule has 0 saturated carbocycles. The third-order valence-electron chi connectivity index (χ3n) is 3.05. The molecule has 2 saturated heterocycles. The van der Waals surface area contributed by atoms with Crippen molar-refractivity contribution >= 4 is 17.8 Å². The van der Waals surface area contributed by atoms with E-state index in [0.29, 0.717) is 13.1 Å². The molecule has 82 valence electrons. The Balaban J connectivity index is 2.08. The van der Waals surface area contributed by atoms with Crippen LogP contribution in [0.15, 0.2) is 0 Å². The molecular weight excluding hydrogens is 200 g/mol. The fraction of sp³-hybridized carbons (Fsp3) is 0.667. The molecule has 2 aliphatic rings. The molecule has 0 aliphatic carbocycles. The van der Waals surface area contributed by atoms with Gasteiger partial charge in [-0.25, -0.2) is 0 Å². The second-order valence-corrected chi connectivity index (χ2v) is 4.04. The zero-order valence-corrected chi connectivity index (χ0v) is 8.34. The van der Waals surface area contributed by atoms with Crippen LogP contribution in [-0.4, -0.2) is 59.4 Å². The number of aliphatic carboxylic acids is 1. The topological polar surface area (TPSA) is 77.9 Å². The van der Waals surface area contributed by atoms with Gasteiger partial charge in [0.2, 0.25) is 11.8 Å². The highest BCUT2D eigenvalue weighted by Gasteiger charge is 2.50. The van der Waals surface area contributed by atoms with Crippen LogP contribution < -0.4 is 0 Å². The Hall–Kier alpha value is -1.43. The van der Waals surface area contributed by atoms with Gasteiger partial charge in [0.25, 0.3) is 0 Å². The Kier molecular flexibility index (Phi) is 2.22. The van der Waals surface area contributed by atoms with Gasteiger partial charge in [0.1, 0.15) is 0 Å². The van der Waals surface area contributed by atoms with E-state index in [1.54, 1.807) is 4.90 Å². The Labute approximate surface area is 86.4 Å². The highest BCUT2D eigenvalue weighted by molar-refractivity contribution is 6.05. The van der Waals surface area contributed by atoms with E-state index in [-0.39, 0.29) is 30.2 Å². The monoisotopic (exact) mass is 212 g/mol. The number of hydrogen-bond acceptors (Lipinski definition) is 4. The van der Waals surface area contributed by atoms with Gasteiger partial charge in [0.15, 0.2) is 0 Å². The zero-order valence-electron chi connectivity index (χ0n) is 8.34. The molecule has 2 unspecified atom stereocenters. The molecule has 2 aliphatic heterocycles. The van der Waals surface area contributed by atoms with Crippen LogP contribution in [0.1, 0.15) is 0 Å². The normalized spacial score (nSPS) is 31.1. The third kappa shape index (κ3) is 1.50. The average molecular weight is 212 g/mol. The van der Waals surface area contributed by atoms with Gasteiger partial charge in [-0.2, -0.15) is 0 Å². The van der Waals surface area contributed by atoms with Gasteiger partial charge in [-0.15, -0.1) is 0 Å². The van der Waals surface area contributed by atoms with Crippen LogP contribution in [0.4, 0.5) is 0 Å². The number of nitrogens with zero attached hydrogens (tertiary/aromatic N) is 2. The van der Waals surface area contributed by atoms with Gasteiger partial charge in [-0.3, -0.25) is 24.2 Å². The minimum atomic E-state index is -0.928. The number of imide groups is 1. The van der Waals surface area contributed by atoms with Crippen molar-refractivity contribution in [2.75, 3.05) is 26.7 Å². The summed E-state index contributed by atoms with van der Waals surface area (Å²) in [5, 5.41) is 8.60. The van der Waals surface area contributed by atoms with E-state index in [4.69, 9.17) is 5.11 Å². The molecule has 2 fully saturated rings. The summed E-state index contributed by atoms with van der Waals surface area (Å²) in [4.78, 5) is 36.4. The number of likely N-dealkylation sites (tertiary alicyclic amines) is 2. The van der Waals surface area contributed by atoms with Gasteiger partial charge < -0.3 is 5.11 Å². The summed E-state index contributed by atoms with van der Waals surface area (Å²) in [6, 6.07) is 0. The lowest BCUT2D eigenvalue weighted by Gasteiger charge is -2.15. The van der Waals surface area contributed by atoms with Crippen LogP contribution in [0.2, 0.25) is 0 Å². The Bertz CT molecular complexity index is 317. The first-order chi connectivity index (χ1) is 7.00. The van der Waals surface area contributed by atoms with Crippen LogP contribution >= 0.6 is 0 Å². The predicted molar refractivity (Wildman–Crippen MR) is 48.8 cm³/mol. The number of rotatable bonds is 2. The highest BCUT2D eigenvalue weighted by atomic mass is 16.4. The van der Waals surface area contributed by atoms with E-state index < -0.39 is 5.97 Å². The number of carboxylic acid groups (broad SMARTS) is 1. The molecule has 2 heterocycles. The summed E-state index contributed by atoms with van der Waals surface area (Å²) >= 11 is 0. The van der Waals surface area contributed by atoms with E-state index in [0.717, 1.165) is 4.90 Å². The van der Waals surface area contributed by atoms with Gasteiger partial charge in [-0.1, -0.05) is 0 Å². The molecule has 0 spiro atoms. The zero-order chi connectivity index (χ0) is 11.2. The molecule has 1 N–H and O–H groups in total. The van der Waals surface area contributed by atoms with Gasteiger partial charge >= 0.3 is 5.97 Å². The molecule has 0 aromatic heterocycles. The van der Waals surface area contributed by atoms with Crippen LogP contribution in [0.25, 0.3) is 0 Å². The molecule has 2 amide bonds. The van der Waals surface area contributed by atoms with Crippen molar-refractivity contribution < 1.29 is 19.5 Å². The molecule has 0 bridgehead atoms. The van der Waals surface area contributed by atoms with Crippen molar-refractivity contribution in [1.29, 1.82) is 0 Å². The fourth-order valence-corrected chi connectivity index (χ4v) is 2.31. The quantitative estimate of drug-likeness (QED) is 0.571. The number of carbonyl (C=O) groups excluding carboxylic acids is 2. The van der Waals surface area contributed by atoms with Gasteiger partial charge in [0, 0.05) is 20.1 Å². The third-order valence-corrected chi connectivity index (χ3v) is 3.05.